The third-order valence-electron chi connectivity index (χ3n) is 4.58. The fourth-order valence-corrected chi connectivity index (χ4v) is 3.08. The lowest BCUT2D eigenvalue weighted by atomic mass is 9.74. The van der Waals surface area contributed by atoms with Crippen LogP contribution in [-0.2, 0) is 5.41 Å². The summed E-state index contributed by atoms with van der Waals surface area (Å²) >= 11 is 12.1. The van der Waals surface area contributed by atoms with Crippen LogP contribution in [0.2, 0.25) is 10.0 Å². The van der Waals surface area contributed by atoms with Gasteiger partial charge in [-0.3, -0.25) is 0 Å². The van der Waals surface area contributed by atoms with Crippen LogP contribution < -0.4 is 10.6 Å². The second-order valence-corrected chi connectivity index (χ2v) is 7.48. The van der Waals surface area contributed by atoms with Crippen LogP contribution in [-0.4, -0.2) is 31.3 Å². The Hall–Kier alpha value is -0.490. The van der Waals surface area contributed by atoms with Crippen molar-refractivity contribution >= 4 is 23.2 Å². The van der Waals surface area contributed by atoms with Gasteiger partial charge in [0.25, 0.3) is 0 Å². The first-order valence-corrected chi connectivity index (χ1v) is 8.31. The summed E-state index contributed by atoms with van der Waals surface area (Å²) in [5.41, 5.74) is -1.48. The van der Waals surface area contributed by atoms with Crippen molar-refractivity contribution in [2.75, 3.05) is 19.6 Å². The van der Waals surface area contributed by atoms with Gasteiger partial charge in [0.1, 0.15) is 5.54 Å². The molecule has 1 aliphatic rings. The maximum Gasteiger partial charge on any atom is 0.406 e. The van der Waals surface area contributed by atoms with E-state index in [9.17, 15) is 13.2 Å². The zero-order valence-corrected chi connectivity index (χ0v) is 14.7. The molecule has 2 rings (SSSR count). The van der Waals surface area contributed by atoms with Gasteiger partial charge in [-0.05, 0) is 50.9 Å². The van der Waals surface area contributed by atoms with Gasteiger partial charge in [-0.25, -0.2) is 0 Å². The fourth-order valence-electron chi connectivity index (χ4n) is 2.78. The number of hydrogen-bond donors (Lipinski definition) is 2. The molecule has 0 radical (unpaired) electrons. The van der Waals surface area contributed by atoms with Gasteiger partial charge in [0, 0.05) is 18.5 Å². The van der Waals surface area contributed by atoms with Crippen LogP contribution in [0.3, 0.4) is 0 Å². The second-order valence-electron chi connectivity index (χ2n) is 6.67. The largest absolute Gasteiger partial charge is 0.406 e. The molecule has 1 aliphatic heterocycles. The average Bonchev–Trinajstić information content (AvgIpc) is 2.48. The van der Waals surface area contributed by atoms with Crippen molar-refractivity contribution in [2.24, 2.45) is 0 Å². The van der Waals surface area contributed by atoms with E-state index < -0.39 is 17.1 Å². The number of nitrogens with one attached hydrogen (secondary N) is 2. The Morgan fingerprint density at radius 2 is 1.91 bits per heavy atom. The first-order valence-electron chi connectivity index (χ1n) is 7.55. The number of hydrogen-bond acceptors (Lipinski definition) is 2. The van der Waals surface area contributed by atoms with Gasteiger partial charge >= 0.3 is 6.18 Å². The third kappa shape index (κ3) is 4.13. The Labute approximate surface area is 144 Å². The van der Waals surface area contributed by atoms with Gasteiger partial charge in [0.15, 0.2) is 0 Å². The van der Waals surface area contributed by atoms with Crippen LogP contribution in [0.25, 0.3) is 0 Å². The Kier molecular flexibility index (Phi) is 5.56. The van der Waals surface area contributed by atoms with E-state index in [1.165, 1.54) is 0 Å². The molecule has 7 heteroatoms. The van der Waals surface area contributed by atoms with Crippen LogP contribution in [0.15, 0.2) is 18.2 Å². The molecule has 1 saturated heterocycles. The Morgan fingerprint density at radius 3 is 2.43 bits per heavy atom. The van der Waals surface area contributed by atoms with Crippen molar-refractivity contribution in [3.05, 3.63) is 33.8 Å². The van der Waals surface area contributed by atoms with Crippen molar-refractivity contribution in [3.8, 4) is 0 Å². The van der Waals surface area contributed by atoms with Crippen LogP contribution in [0.1, 0.15) is 32.3 Å². The monoisotopic (exact) mass is 368 g/mol. The Morgan fingerprint density at radius 1 is 1.22 bits per heavy atom. The molecule has 0 unspecified atom stereocenters. The van der Waals surface area contributed by atoms with Crippen LogP contribution in [0, 0.1) is 0 Å². The molecule has 1 atom stereocenters. The highest BCUT2D eigenvalue weighted by Gasteiger charge is 2.48. The lowest BCUT2D eigenvalue weighted by Crippen LogP contribution is -2.58. The highest BCUT2D eigenvalue weighted by atomic mass is 35.5. The summed E-state index contributed by atoms with van der Waals surface area (Å²) in [4.78, 5) is 0. The molecule has 0 spiro atoms. The smallest absolute Gasteiger partial charge is 0.316 e. The van der Waals surface area contributed by atoms with E-state index in [0.29, 0.717) is 16.6 Å². The summed E-state index contributed by atoms with van der Waals surface area (Å²) in [6, 6.07) is 5.31. The van der Waals surface area contributed by atoms with Gasteiger partial charge in [-0.15, -0.1) is 0 Å². The standard InChI is InChI=1S/C16H21Cl2F3N2/c1-14(2,16(19,20)21)23-10-15(6-3-7-22-9-15)11-4-5-12(17)13(18)8-11/h4-5,8,22-23H,3,6-7,9-10H2,1-2H3/t15-/m0/s1. The van der Waals surface area contributed by atoms with Gasteiger partial charge in [0.05, 0.1) is 10.0 Å². The van der Waals surface area contributed by atoms with Crippen LogP contribution in [0.4, 0.5) is 13.2 Å². The zero-order valence-electron chi connectivity index (χ0n) is 13.2. The minimum atomic E-state index is -4.31. The summed E-state index contributed by atoms with van der Waals surface area (Å²) in [7, 11) is 0. The molecule has 0 saturated carbocycles. The first-order chi connectivity index (χ1) is 10.6. The minimum Gasteiger partial charge on any atom is -0.316 e. The van der Waals surface area contributed by atoms with Crippen molar-refractivity contribution < 1.29 is 13.2 Å². The first kappa shape index (κ1) is 18.8. The van der Waals surface area contributed by atoms with Gasteiger partial charge in [0.2, 0.25) is 0 Å². The Balaban J connectivity index is 2.27. The fraction of sp³-hybridized carbons (Fsp3) is 0.625. The minimum absolute atomic E-state index is 0.213. The molecular weight excluding hydrogens is 348 g/mol. The predicted molar refractivity (Wildman–Crippen MR) is 88.4 cm³/mol. The van der Waals surface area contributed by atoms with Gasteiger partial charge < -0.3 is 10.6 Å². The van der Waals surface area contributed by atoms with E-state index in [-0.39, 0.29) is 6.54 Å². The highest BCUT2D eigenvalue weighted by molar-refractivity contribution is 6.42. The molecule has 23 heavy (non-hydrogen) atoms. The molecular formula is C16H21Cl2F3N2. The number of rotatable bonds is 4. The molecule has 1 heterocycles. The van der Waals surface area contributed by atoms with E-state index in [0.717, 1.165) is 38.8 Å². The molecule has 130 valence electrons. The molecule has 0 aromatic heterocycles. The third-order valence-corrected chi connectivity index (χ3v) is 5.32. The van der Waals surface area contributed by atoms with Crippen LogP contribution >= 0.6 is 23.2 Å². The molecule has 0 amide bonds. The predicted octanol–water partition coefficient (Wildman–Crippen LogP) is 4.55. The van der Waals surface area contributed by atoms with Crippen LogP contribution in [0.5, 0.6) is 0 Å². The van der Waals surface area contributed by atoms with E-state index in [4.69, 9.17) is 23.2 Å². The van der Waals surface area contributed by atoms with E-state index >= 15 is 0 Å². The lowest BCUT2D eigenvalue weighted by molar-refractivity contribution is -0.186. The molecule has 2 nitrogen and oxygen atoms in total. The summed E-state index contributed by atoms with van der Waals surface area (Å²) in [6.45, 7) is 4.00. The quantitative estimate of drug-likeness (QED) is 0.814. The number of benzene rings is 1. The normalized spacial score (nSPS) is 23.1. The summed E-state index contributed by atoms with van der Waals surface area (Å²) in [5.74, 6) is 0. The van der Waals surface area contributed by atoms with Gasteiger partial charge in [-0.1, -0.05) is 29.3 Å². The number of halogens is 5. The van der Waals surface area contributed by atoms with Gasteiger partial charge in [-0.2, -0.15) is 13.2 Å². The SMILES string of the molecule is CC(C)(NC[C@]1(c2ccc(Cl)c(Cl)c2)CCCNC1)C(F)(F)F. The maximum atomic E-state index is 13.1. The molecule has 1 fully saturated rings. The second kappa shape index (κ2) is 6.79. The van der Waals surface area contributed by atoms with E-state index in [1.54, 1.807) is 12.1 Å². The zero-order chi connectivity index (χ0) is 17.3. The van der Waals surface area contributed by atoms with Crippen molar-refractivity contribution in [1.82, 2.24) is 10.6 Å². The van der Waals surface area contributed by atoms with Crippen molar-refractivity contribution in [2.45, 2.75) is 43.8 Å². The average molecular weight is 369 g/mol. The maximum absolute atomic E-state index is 13.1. The molecule has 0 bridgehead atoms. The highest BCUT2D eigenvalue weighted by Crippen LogP contribution is 2.36. The summed E-state index contributed by atoms with van der Waals surface area (Å²) in [5, 5.41) is 6.85. The molecule has 1 aromatic carbocycles. The Bertz CT molecular complexity index is 553. The molecule has 2 N–H and O–H groups in total. The molecule has 1 aromatic rings. The number of alkyl halides is 3. The summed E-state index contributed by atoms with van der Waals surface area (Å²) < 4.78 is 39.3. The van der Waals surface area contributed by atoms with Crippen molar-refractivity contribution in [3.63, 3.8) is 0 Å². The topological polar surface area (TPSA) is 24.1 Å². The lowest BCUT2D eigenvalue weighted by Gasteiger charge is -2.41. The van der Waals surface area contributed by atoms with Crippen molar-refractivity contribution in [1.29, 1.82) is 0 Å². The molecule has 0 aliphatic carbocycles. The van der Waals surface area contributed by atoms with E-state index in [2.05, 4.69) is 10.6 Å². The summed E-state index contributed by atoms with van der Waals surface area (Å²) in [6.07, 6.45) is -2.62. The van der Waals surface area contributed by atoms with E-state index in [1.807, 2.05) is 6.07 Å². The number of piperidine rings is 1.